The summed E-state index contributed by atoms with van der Waals surface area (Å²) in [6, 6.07) is 9.57. The molecule has 0 aliphatic rings. The second-order valence-corrected chi connectivity index (χ2v) is 7.48. The van der Waals surface area contributed by atoms with E-state index in [9.17, 15) is 18.0 Å². The molecule has 0 spiro atoms. The van der Waals surface area contributed by atoms with Gasteiger partial charge in [0.05, 0.1) is 39.7 Å². The third-order valence-corrected chi connectivity index (χ3v) is 5.04. The topological polar surface area (TPSA) is 80.5 Å². The number of nitrogen functional groups attached to an aromatic ring is 1. The third-order valence-electron chi connectivity index (χ3n) is 4.51. The molecular weight excluding hydrogens is 468 g/mol. The van der Waals surface area contributed by atoms with Crippen LogP contribution in [0.15, 0.2) is 48.7 Å². The van der Waals surface area contributed by atoms with Crippen LogP contribution in [-0.2, 0) is 6.18 Å². The molecule has 0 unspecified atom stereocenters. The Balaban J connectivity index is 2.01. The van der Waals surface area contributed by atoms with E-state index in [4.69, 9.17) is 33.7 Å². The van der Waals surface area contributed by atoms with Gasteiger partial charge < -0.3 is 10.5 Å². The SMILES string of the molecule is COc1cccc(N)c1C(=O)c1ncc(Cl)cc1NN(C)c1ccc(Cl)c(C(F)(F)F)c1. The van der Waals surface area contributed by atoms with Crippen LogP contribution in [0.5, 0.6) is 5.75 Å². The molecule has 3 N–H and O–H groups in total. The number of halogens is 5. The van der Waals surface area contributed by atoms with Crippen LogP contribution in [0.2, 0.25) is 10.0 Å². The summed E-state index contributed by atoms with van der Waals surface area (Å²) >= 11 is 11.7. The fraction of sp³-hybridized carbons (Fsp3) is 0.143. The van der Waals surface area contributed by atoms with Crippen LogP contribution in [-0.4, -0.2) is 24.9 Å². The molecule has 32 heavy (non-hydrogen) atoms. The number of nitrogens with zero attached hydrogens (tertiary/aromatic N) is 2. The second-order valence-electron chi connectivity index (χ2n) is 6.64. The smallest absolute Gasteiger partial charge is 0.417 e. The van der Waals surface area contributed by atoms with Gasteiger partial charge in [-0.2, -0.15) is 13.2 Å². The number of alkyl halides is 3. The van der Waals surface area contributed by atoms with Crippen LogP contribution in [0.25, 0.3) is 0 Å². The minimum absolute atomic E-state index is 0.0533. The molecule has 0 fully saturated rings. The predicted octanol–water partition coefficient (Wildman–Crippen LogP) is 5.69. The molecule has 0 amide bonds. The summed E-state index contributed by atoms with van der Waals surface area (Å²) in [4.78, 5) is 17.3. The number of hydrogen-bond donors (Lipinski definition) is 2. The quantitative estimate of drug-likeness (QED) is 0.265. The molecule has 1 aromatic heterocycles. The lowest BCUT2D eigenvalue weighted by molar-refractivity contribution is -0.137. The molecule has 168 valence electrons. The molecule has 0 bridgehead atoms. The highest BCUT2D eigenvalue weighted by atomic mass is 35.5. The lowest BCUT2D eigenvalue weighted by Gasteiger charge is -2.24. The zero-order chi connectivity index (χ0) is 23.6. The number of hydrogen-bond acceptors (Lipinski definition) is 6. The molecule has 11 heteroatoms. The highest BCUT2D eigenvalue weighted by Gasteiger charge is 2.33. The number of carbonyl (C=O) groups is 1. The summed E-state index contributed by atoms with van der Waals surface area (Å²) in [7, 11) is 2.86. The van der Waals surface area contributed by atoms with Crippen molar-refractivity contribution >= 4 is 46.0 Å². The van der Waals surface area contributed by atoms with E-state index in [1.165, 1.54) is 43.6 Å². The van der Waals surface area contributed by atoms with Gasteiger partial charge in [-0.15, -0.1) is 0 Å². The molecule has 2 aromatic carbocycles. The summed E-state index contributed by atoms with van der Waals surface area (Å²) in [6.07, 6.45) is -3.36. The first-order chi connectivity index (χ1) is 15.0. The number of benzene rings is 2. The number of carbonyl (C=O) groups excluding carboxylic acids is 1. The number of pyridine rings is 1. The first kappa shape index (κ1) is 23.5. The fourth-order valence-corrected chi connectivity index (χ4v) is 3.35. The van der Waals surface area contributed by atoms with E-state index >= 15 is 0 Å². The maximum atomic E-state index is 13.2. The van der Waals surface area contributed by atoms with E-state index in [0.29, 0.717) is 0 Å². The van der Waals surface area contributed by atoms with Gasteiger partial charge >= 0.3 is 6.18 Å². The number of hydrazine groups is 1. The average molecular weight is 485 g/mol. The molecule has 0 saturated carbocycles. The lowest BCUT2D eigenvalue weighted by atomic mass is 10.0. The summed E-state index contributed by atoms with van der Waals surface area (Å²) in [5.41, 5.74) is 8.34. The number of nitrogens with two attached hydrogens (primary N) is 1. The van der Waals surface area contributed by atoms with Crippen molar-refractivity contribution in [2.45, 2.75) is 6.18 Å². The zero-order valence-corrected chi connectivity index (χ0v) is 18.3. The van der Waals surface area contributed by atoms with Crippen LogP contribution in [0.4, 0.5) is 30.2 Å². The summed E-state index contributed by atoms with van der Waals surface area (Å²) in [6.45, 7) is 0. The Morgan fingerprint density at radius 2 is 1.91 bits per heavy atom. The maximum absolute atomic E-state index is 13.2. The van der Waals surface area contributed by atoms with Gasteiger partial charge in [0.2, 0.25) is 5.78 Å². The number of ether oxygens (including phenoxy) is 1. The number of anilines is 3. The predicted molar refractivity (Wildman–Crippen MR) is 119 cm³/mol. The second kappa shape index (κ2) is 9.13. The number of methoxy groups -OCH3 is 1. The molecule has 6 nitrogen and oxygen atoms in total. The molecular formula is C21H17Cl2F3N4O2. The van der Waals surface area contributed by atoms with E-state index in [1.54, 1.807) is 12.1 Å². The Hall–Kier alpha value is -3.17. The highest BCUT2D eigenvalue weighted by molar-refractivity contribution is 6.31. The molecule has 0 aliphatic heterocycles. The van der Waals surface area contributed by atoms with Crippen molar-refractivity contribution in [2.24, 2.45) is 0 Å². The monoisotopic (exact) mass is 484 g/mol. The van der Waals surface area contributed by atoms with E-state index in [2.05, 4.69) is 10.4 Å². The Morgan fingerprint density at radius 1 is 1.19 bits per heavy atom. The molecule has 3 rings (SSSR count). The van der Waals surface area contributed by atoms with Crippen LogP contribution in [0, 0.1) is 0 Å². The third kappa shape index (κ3) is 4.84. The summed E-state index contributed by atoms with van der Waals surface area (Å²) in [5, 5.41) is 1.06. The molecule has 0 aliphatic carbocycles. The zero-order valence-electron chi connectivity index (χ0n) is 16.8. The Morgan fingerprint density at radius 3 is 2.56 bits per heavy atom. The van der Waals surface area contributed by atoms with Crippen LogP contribution < -0.4 is 20.9 Å². The van der Waals surface area contributed by atoms with Crippen LogP contribution >= 0.6 is 23.2 Å². The van der Waals surface area contributed by atoms with Gasteiger partial charge in [0.15, 0.2) is 0 Å². The van der Waals surface area contributed by atoms with Crippen molar-refractivity contribution in [1.82, 2.24) is 4.98 Å². The maximum Gasteiger partial charge on any atom is 0.417 e. The van der Waals surface area contributed by atoms with Crippen LogP contribution in [0.1, 0.15) is 21.6 Å². The Bertz CT molecular complexity index is 1170. The van der Waals surface area contributed by atoms with E-state index in [0.717, 1.165) is 12.1 Å². The molecule has 3 aromatic rings. The van der Waals surface area contributed by atoms with Crippen molar-refractivity contribution in [3.8, 4) is 5.75 Å². The first-order valence-electron chi connectivity index (χ1n) is 9.02. The van der Waals surface area contributed by atoms with Crippen molar-refractivity contribution in [2.75, 3.05) is 30.3 Å². The number of ketones is 1. The minimum Gasteiger partial charge on any atom is -0.496 e. The standard InChI is InChI=1S/C21H17Cl2F3N4O2/c1-30(12-6-7-14(23)13(9-12)21(24,25)26)29-16-8-11(22)10-28-19(16)20(31)18-15(27)4-3-5-17(18)32-2/h3-10,29H,27H2,1-2H3. The van der Waals surface area contributed by atoms with E-state index in [-0.39, 0.29) is 39.1 Å². The minimum atomic E-state index is -4.63. The van der Waals surface area contributed by atoms with Gasteiger partial charge in [0.1, 0.15) is 11.4 Å². The van der Waals surface area contributed by atoms with Gasteiger partial charge in [-0.25, -0.2) is 4.98 Å². The average Bonchev–Trinajstić information content (AvgIpc) is 2.72. The van der Waals surface area contributed by atoms with Crippen LogP contribution in [0.3, 0.4) is 0 Å². The number of rotatable bonds is 6. The first-order valence-corrected chi connectivity index (χ1v) is 9.78. The summed E-state index contributed by atoms with van der Waals surface area (Å²) in [5.74, 6) is -0.307. The molecule has 0 saturated heterocycles. The van der Waals surface area contributed by atoms with Gasteiger partial charge in [-0.3, -0.25) is 15.2 Å². The van der Waals surface area contributed by atoms with Crippen molar-refractivity contribution in [3.63, 3.8) is 0 Å². The lowest BCUT2D eigenvalue weighted by Crippen LogP contribution is -2.27. The Kier molecular flexibility index (Phi) is 6.71. The van der Waals surface area contributed by atoms with Crippen molar-refractivity contribution in [3.05, 3.63) is 75.5 Å². The Labute approximate surface area is 191 Å². The highest BCUT2D eigenvalue weighted by Crippen LogP contribution is 2.37. The fourth-order valence-electron chi connectivity index (χ4n) is 2.97. The largest absolute Gasteiger partial charge is 0.496 e. The van der Waals surface area contributed by atoms with E-state index < -0.39 is 22.5 Å². The van der Waals surface area contributed by atoms with Gasteiger partial charge in [-0.1, -0.05) is 29.3 Å². The number of nitrogens with one attached hydrogen (secondary N) is 1. The van der Waals surface area contributed by atoms with E-state index in [1.807, 2.05) is 0 Å². The van der Waals surface area contributed by atoms with Gasteiger partial charge in [0.25, 0.3) is 0 Å². The summed E-state index contributed by atoms with van der Waals surface area (Å²) < 4.78 is 44.9. The van der Waals surface area contributed by atoms with Crippen molar-refractivity contribution < 1.29 is 22.7 Å². The molecule has 1 heterocycles. The normalized spacial score (nSPS) is 11.2. The molecule has 0 atom stereocenters. The van der Waals surface area contributed by atoms with Crippen molar-refractivity contribution in [1.29, 1.82) is 0 Å². The number of aromatic nitrogens is 1. The molecule has 0 radical (unpaired) electrons. The van der Waals surface area contributed by atoms with Gasteiger partial charge in [0, 0.05) is 18.9 Å². The van der Waals surface area contributed by atoms with Gasteiger partial charge in [-0.05, 0) is 36.4 Å².